The molecule has 0 radical (unpaired) electrons. The Morgan fingerprint density at radius 3 is 2.06 bits per heavy atom. The van der Waals surface area contributed by atoms with Crippen LogP contribution in [0.2, 0.25) is 0 Å². The van der Waals surface area contributed by atoms with Crippen LogP contribution in [0.1, 0.15) is 65.2 Å². The molecule has 0 aliphatic carbocycles. The van der Waals surface area contributed by atoms with E-state index in [9.17, 15) is 9.90 Å². The van der Waals surface area contributed by atoms with Crippen LogP contribution in [-0.2, 0) is 4.79 Å². The van der Waals surface area contributed by atoms with Gasteiger partial charge >= 0.3 is 5.97 Å². The van der Waals surface area contributed by atoms with Crippen LogP contribution in [0, 0.1) is 5.92 Å². The Labute approximate surface area is 111 Å². The SMILES string of the molecule is CCCCCCCCCC(N)C(C(=O)O)C(C)O. The van der Waals surface area contributed by atoms with E-state index in [1.165, 1.54) is 39.0 Å². The largest absolute Gasteiger partial charge is 0.481 e. The number of carboxylic acid groups (broad SMARTS) is 1. The number of aliphatic hydroxyl groups is 1. The minimum atomic E-state index is -1.000. The first-order valence-corrected chi connectivity index (χ1v) is 7.17. The molecule has 0 fully saturated rings. The van der Waals surface area contributed by atoms with Gasteiger partial charge in [0.1, 0.15) is 0 Å². The van der Waals surface area contributed by atoms with Crippen molar-refractivity contribution in [1.82, 2.24) is 0 Å². The highest BCUT2D eigenvalue weighted by Gasteiger charge is 2.29. The molecule has 4 nitrogen and oxygen atoms in total. The lowest BCUT2D eigenvalue weighted by molar-refractivity contribution is -0.146. The molecular weight excluding hydrogens is 230 g/mol. The topological polar surface area (TPSA) is 83.6 Å². The van der Waals surface area contributed by atoms with Crippen molar-refractivity contribution in [2.45, 2.75) is 77.4 Å². The summed E-state index contributed by atoms with van der Waals surface area (Å²) in [6.07, 6.45) is 8.11. The molecule has 4 heteroatoms. The lowest BCUT2D eigenvalue weighted by atomic mass is 9.91. The van der Waals surface area contributed by atoms with Crippen molar-refractivity contribution in [3.63, 3.8) is 0 Å². The van der Waals surface area contributed by atoms with Crippen LogP contribution in [0.25, 0.3) is 0 Å². The van der Waals surface area contributed by atoms with Crippen molar-refractivity contribution < 1.29 is 15.0 Å². The Morgan fingerprint density at radius 1 is 1.11 bits per heavy atom. The molecule has 0 aromatic carbocycles. The summed E-state index contributed by atoms with van der Waals surface area (Å²) in [4.78, 5) is 10.9. The lowest BCUT2D eigenvalue weighted by Gasteiger charge is -2.22. The number of aliphatic carboxylic acids is 1. The second kappa shape index (κ2) is 10.3. The maximum atomic E-state index is 10.9. The highest BCUT2D eigenvalue weighted by molar-refractivity contribution is 5.71. The first-order valence-electron chi connectivity index (χ1n) is 7.17. The maximum Gasteiger partial charge on any atom is 0.310 e. The molecule has 0 aliphatic rings. The van der Waals surface area contributed by atoms with E-state index < -0.39 is 24.0 Å². The summed E-state index contributed by atoms with van der Waals surface area (Å²) in [6, 6.07) is -0.446. The minimum Gasteiger partial charge on any atom is -0.481 e. The average molecular weight is 259 g/mol. The van der Waals surface area contributed by atoms with Gasteiger partial charge in [-0.25, -0.2) is 0 Å². The van der Waals surface area contributed by atoms with Gasteiger partial charge < -0.3 is 15.9 Å². The monoisotopic (exact) mass is 259 g/mol. The molecular formula is C14H29NO3. The molecule has 4 N–H and O–H groups in total. The van der Waals surface area contributed by atoms with Crippen molar-refractivity contribution in [1.29, 1.82) is 0 Å². The Balaban J connectivity index is 3.68. The van der Waals surface area contributed by atoms with Gasteiger partial charge in [-0.15, -0.1) is 0 Å². The van der Waals surface area contributed by atoms with Crippen LogP contribution in [0.15, 0.2) is 0 Å². The molecule has 3 unspecified atom stereocenters. The zero-order chi connectivity index (χ0) is 14.0. The van der Waals surface area contributed by atoms with E-state index in [0.29, 0.717) is 6.42 Å². The molecule has 0 bridgehead atoms. The highest BCUT2D eigenvalue weighted by Crippen LogP contribution is 2.15. The zero-order valence-corrected chi connectivity index (χ0v) is 11.8. The van der Waals surface area contributed by atoms with E-state index in [-0.39, 0.29) is 0 Å². The third-order valence-electron chi connectivity index (χ3n) is 3.41. The summed E-state index contributed by atoms with van der Waals surface area (Å²) in [5.74, 6) is -1.84. The average Bonchev–Trinajstić information content (AvgIpc) is 2.26. The fraction of sp³-hybridized carbons (Fsp3) is 0.929. The fourth-order valence-electron chi connectivity index (χ4n) is 2.26. The van der Waals surface area contributed by atoms with Crippen molar-refractivity contribution in [2.75, 3.05) is 0 Å². The van der Waals surface area contributed by atoms with Crippen LogP contribution >= 0.6 is 0 Å². The van der Waals surface area contributed by atoms with Crippen molar-refractivity contribution in [3.05, 3.63) is 0 Å². The van der Waals surface area contributed by atoms with Gasteiger partial charge in [0, 0.05) is 6.04 Å². The Hall–Kier alpha value is -0.610. The molecule has 0 heterocycles. The molecule has 18 heavy (non-hydrogen) atoms. The quantitative estimate of drug-likeness (QED) is 0.498. The molecule has 108 valence electrons. The van der Waals surface area contributed by atoms with Crippen molar-refractivity contribution >= 4 is 5.97 Å². The van der Waals surface area contributed by atoms with Gasteiger partial charge in [0.25, 0.3) is 0 Å². The second-order valence-corrected chi connectivity index (χ2v) is 5.18. The van der Waals surface area contributed by atoms with Crippen LogP contribution in [-0.4, -0.2) is 28.3 Å². The predicted octanol–water partition coefficient (Wildman–Crippen LogP) is 2.54. The van der Waals surface area contributed by atoms with Gasteiger partial charge in [-0.1, -0.05) is 51.9 Å². The van der Waals surface area contributed by atoms with E-state index in [2.05, 4.69) is 6.92 Å². The molecule has 0 aromatic rings. The van der Waals surface area contributed by atoms with E-state index >= 15 is 0 Å². The highest BCUT2D eigenvalue weighted by atomic mass is 16.4. The predicted molar refractivity (Wildman–Crippen MR) is 73.4 cm³/mol. The molecule has 0 aliphatic heterocycles. The van der Waals surface area contributed by atoms with Crippen LogP contribution in [0.5, 0.6) is 0 Å². The molecule has 0 aromatic heterocycles. The van der Waals surface area contributed by atoms with Gasteiger partial charge in [-0.05, 0) is 13.3 Å². The fourth-order valence-corrected chi connectivity index (χ4v) is 2.26. The zero-order valence-electron chi connectivity index (χ0n) is 11.8. The van der Waals surface area contributed by atoms with E-state index in [4.69, 9.17) is 10.8 Å². The maximum absolute atomic E-state index is 10.9. The number of aliphatic hydroxyl groups excluding tert-OH is 1. The number of hydrogen-bond acceptors (Lipinski definition) is 3. The molecule has 0 spiro atoms. The van der Waals surface area contributed by atoms with E-state index in [1.54, 1.807) is 0 Å². The Kier molecular flexibility index (Phi) is 9.98. The number of hydrogen-bond donors (Lipinski definition) is 3. The van der Waals surface area contributed by atoms with Gasteiger partial charge in [0.2, 0.25) is 0 Å². The van der Waals surface area contributed by atoms with E-state index in [0.717, 1.165) is 12.8 Å². The van der Waals surface area contributed by atoms with Crippen LogP contribution in [0.3, 0.4) is 0 Å². The van der Waals surface area contributed by atoms with Gasteiger partial charge in [0.05, 0.1) is 12.0 Å². The summed E-state index contributed by atoms with van der Waals surface area (Å²) < 4.78 is 0. The first-order chi connectivity index (χ1) is 8.50. The van der Waals surface area contributed by atoms with Crippen molar-refractivity contribution in [2.24, 2.45) is 11.7 Å². The van der Waals surface area contributed by atoms with E-state index in [1.807, 2.05) is 0 Å². The standard InChI is InChI=1S/C14H29NO3/c1-3-4-5-6-7-8-9-10-12(15)13(11(2)16)14(17)18/h11-13,16H,3-10,15H2,1-2H3,(H,17,18). The van der Waals surface area contributed by atoms with Crippen molar-refractivity contribution in [3.8, 4) is 0 Å². The third-order valence-corrected chi connectivity index (χ3v) is 3.41. The Morgan fingerprint density at radius 2 is 1.61 bits per heavy atom. The second-order valence-electron chi connectivity index (χ2n) is 5.18. The number of rotatable bonds is 11. The van der Waals surface area contributed by atoms with Gasteiger partial charge in [0.15, 0.2) is 0 Å². The normalized spacial score (nSPS) is 16.2. The summed E-state index contributed by atoms with van der Waals surface area (Å²) in [5.41, 5.74) is 5.84. The lowest BCUT2D eigenvalue weighted by Crippen LogP contribution is -2.42. The summed E-state index contributed by atoms with van der Waals surface area (Å²) in [7, 11) is 0. The molecule has 3 atom stereocenters. The van der Waals surface area contributed by atoms with Crippen LogP contribution < -0.4 is 5.73 Å². The Bertz CT molecular complexity index is 219. The summed E-state index contributed by atoms with van der Waals surface area (Å²) in [5, 5.41) is 18.4. The summed E-state index contributed by atoms with van der Waals surface area (Å²) >= 11 is 0. The first kappa shape index (κ1) is 17.4. The number of carboxylic acids is 1. The minimum absolute atomic E-state index is 0.446. The van der Waals surface area contributed by atoms with Gasteiger partial charge in [-0.2, -0.15) is 0 Å². The van der Waals surface area contributed by atoms with Gasteiger partial charge in [-0.3, -0.25) is 4.79 Å². The number of nitrogens with two attached hydrogens (primary N) is 1. The number of unbranched alkanes of at least 4 members (excludes halogenated alkanes) is 6. The third kappa shape index (κ3) is 7.67. The van der Waals surface area contributed by atoms with Crippen LogP contribution in [0.4, 0.5) is 0 Å². The summed E-state index contributed by atoms with van der Waals surface area (Å²) in [6.45, 7) is 3.69. The molecule has 0 rings (SSSR count). The molecule has 0 saturated heterocycles. The smallest absolute Gasteiger partial charge is 0.310 e. The molecule has 0 amide bonds. The molecule has 0 saturated carbocycles. The number of carbonyl (C=O) groups is 1.